The molecule has 0 aliphatic carbocycles. The molecule has 132 valence electrons. The van der Waals surface area contributed by atoms with Crippen molar-refractivity contribution in [1.29, 1.82) is 0 Å². The Labute approximate surface area is 150 Å². The maximum atomic E-state index is 11.9. The Morgan fingerprint density at radius 3 is 2.57 bits per heavy atom. The molecule has 7 heteroatoms. The summed E-state index contributed by atoms with van der Waals surface area (Å²) in [4.78, 5) is 14.2. The largest absolute Gasteiger partial charge is 0.399 e. The number of morpholine rings is 1. The predicted octanol–water partition coefficient (Wildman–Crippen LogP) is 1.88. The fourth-order valence-corrected chi connectivity index (χ4v) is 2.54. The molecule has 1 aliphatic rings. The van der Waals surface area contributed by atoms with E-state index in [2.05, 4.69) is 24.1 Å². The van der Waals surface area contributed by atoms with Gasteiger partial charge in [-0.15, -0.1) is 24.8 Å². The molecule has 1 fully saturated rings. The number of carbonyl (C=O) groups is 1. The van der Waals surface area contributed by atoms with Crippen molar-refractivity contribution in [3.8, 4) is 0 Å². The fourth-order valence-electron chi connectivity index (χ4n) is 2.54. The van der Waals surface area contributed by atoms with Gasteiger partial charge in [-0.05, 0) is 31.5 Å². The summed E-state index contributed by atoms with van der Waals surface area (Å²) in [6, 6.07) is 7.41. The number of anilines is 1. The van der Waals surface area contributed by atoms with Crippen LogP contribution in [-0.2, 0) is 16.0 Å². The van der Waals surface area contributed by atoms with Crippen molar-refractivity contribution in [1.82, 2.24) is 10.2 Å². The maximum Gasteiger partial charge on any atom is 0.224 e. The van der Waals surface area contributed by atoms with Crippen molar-refractivity contribution >= 4 is 36.4 Å². The van der Waals surface area contributed by atoms with Gasteiger partial charge in [0.1, 0.15) is 0 Å². The number of halogens is 2. The lowest BCUT2D eigenvalue weighted by molar-refractivity contribution is -0.120. The number of nitrogens with zero attached hydrogens (tertiary/aromatic N) is 1. The topological polar surface area (TPSA) is 67.6 Å². The lowest BCUT2D eigenvalue weighted by atomic mass is 10.1. The molecule has 1 heterocycles. The van der Waals surface area contributed by atoms with Crippen LogP contribution in [0.5, 0.6) is 0 Å². The number of nitrogens with one attached hydrogen (secondary N) is 1. The van der Waals surface area contributed by atoms with E-state index in [1.54, 1.807) is 0 Å². The van der Waals surface area contributed by atoms with Gasteiger partial charge in [0.05, 0.1) is 18.6 Å². The lowest BCUT2D eigenvalue weighted by Crippen LogP contribution is -2.50. The van der Waals surface area contributed by atoms with Gasteiger partial charge in [0.2, 0.25) is 5.91 Å². The summed E-state index contributed by atoms with van der Waals surface area (Å²) >= 11 is 0. The summed E-state index contributed by atoms with van der Waals surface area (Å²) in [5.41, 5.74) is 7.23. The van der Waals surface area contributed by atoms with E-state index in [0.717, 1.165) is 31.8 Å². The average molecular weight is 364 g/mol. The summed E-state index contributed by atoms with van der Waals surface area (Å²) < 4.78 is 5.67. The molecule has 0 atom stereocenters. The molecule has 0 saturated carbocycles. The van der Waals surface area contributed by atoms with Crippen molar-refractivity contribution in [2.24, 2.45) is 0 Å². The monoisotopic (exact) mass is 363 g/mol. The number of carbonyl (C=O) groups excluding carboxylic acids is 1. The number of benzene rings is 1. The first kappa shape index (κ1) is 22.0. The third kappa shape index (κ3) is 7.88. The second kappa shape index (κ2) is 9.98. The van der Waals surface area contributed by atoms with Crippen LogP contribution < -0.4 is 11.1 Å². The molecule has 5 nitrogen and oxygen atoms in total. The Bertz CT molecular complexity index is 481. The number of amides is 1. The summed E-state index contributed by atoms with van der Waals surface area (Å²) in [7, 11) is 0. The first-order valence-electron chi connectivity index (χ1n) is 7.42. The zero-order valence-electron chi connectivity index (χ0n) is 13.7. The van der Waals surface area contributed by atoms with Crippen molar-refractivity contribution in [2.45, 2.75) is 25.9 Å². The van der Waals surface area contributed by atoms with E-state index in [1.165, 1.54) is 0 Å². The number of nitrogen functional groups attached to an aromatic ring is 1. The van der Waals surface area contributed by atoms with Gasteiger partial charge in [0.25, 0.3) is 0 Å². The predicted molar refractivity (Wildman–Crippen MR) is 98.5 cm³/mol. The zero-order chi connectivity index (χ0) is 15.3. The molecule has 1 saturated heterocycles. The molecule has 1 amide bonds. The summed E-state index contributed by atoms with van der Waals surface area (Å²) in [5, 5.41) is 2.97. The highest BCUT2D eigenvalue weighted by atomic mass is 35.5. The van der Waals surface area contributed by atoms with Crippen LogP contribution in [0, 0.1) is 0 Å². The Kier molecular flexibility index (Phi) is 9.54. The van der Waals surface area contributed by atoms with Gasteiger partial charge in [-0.25, -0.2) is 0 Å². The fraction of sp³-hybridized carbons (Fsp3) is 0.562. The Balaban J connectivity index is 0.00000242. The molecule has 2 rings (SSSR count). The van der Waals surface area contributed by atoms with Gasteiger partial charge in [-0.1, -0.05) is 12.1 Å². The zero-order valence-corrected chi connectivity index (χ0v) is 15.3. The molecule has 0 unspecified atom stereocenters. The van der Waals surface area contributed by atoms with E-state index < -0.39 is 0 Å². The highest BCUT2D eigenvalue weighted by molar-refractivity contribution is 5.85. The Hall–Kier alpha value is -1.01. The van der Waals surface area contributed by atoms with Crippen LogP contribution in [0.25, 0.3) is 0 Å². The van der Waals surface area contributed by atoms with Crippen LogP contribution in [0.3, 0.4) is 0 Å². The van der Waals surface area contributed by atoms with Crippen LogP contribution in [0.1, 0.15) is 19.4 Å². The van der Waals surface area contributed by atoms with Crippen LogP contribution in [0.4, 0.5) is 5.69 Å². The normalized spacial score (nSPS) is 16.8. The molecule has 1 aromatic rings. The first-order chi connectivity index (χ1) is 9.94. The van der Waals surface area contributed by atoms with Gasteiger partial charge in [0, 0.05) is 31.9 Å². The number of hydrogen-bond donors (Lipinski definition) is 2. The van der Waals surface area contributed by atoms with Gasteiger partial charge in [-0.3, -0.25) is 9.69 Å². The molecule has 23 heavy (non-hydrogen) atoms. The third-order valence-electron chi connectivity index (χ3n) is 3.60. The van der Waals surface area contributed by atoms with Crippen molar-refractivity contribution in [3.05, 3.63) is 29.8 Å². The molecule has 0 spiro atoms. The SMILES string of the molecule is CC1(C)CN(CCNC(=O)Cc2ccc(N)cc2)CCO1.Cl.Cl. The van der Waals surface area contributed by atoms with E-state index in [1.807, 2.05) is 24.3 Å². The highest BCUT2D eigenvalue weighted by Crippen LogP contribution is 2.15. The second-order valence-electron chi connectivity index (χ2n) is 6.15. The van der Waals surface area contributed by atoms with Gasteiger partial charge >= 0.3 is 0 Å². The molecule has 1 aromatic carbocycles. The minimum absolute atomic E-state index is 0. The quantitative estimate of drug-likeness (QED) is 0.783. The molecular formula is C16H27Cl2N3O2. The summed E-state index contributed by atoms with van der Waals surface area (Å²) in [5.74, 6) is 0.0484. The minimum Gasteiger partial charge on any atom is -0.399 e. The maximum absolute atomic E-state index is 11.9. The Morgan fingerprint density at radius 2 is 1.96 bits per heavy atom. The smallest absolute Gasteiger partial charge is 0.224 e. The molecule has 0 radical (unpaired) electrons. The highest BCUT2D eigenvalue weighted by Gasteiger charge is 2.26. The average Bonchev–Trinajstić information content (AvgIpc) is 2.40. The summed E-state index contributed by atoms with van der Waals surface area (Å²) in [6.07, 6.45) is 0.398. The van der Waals surface area contributed by atoms with E-state index in [4.69, 9.17) is 10.5 Å². The minimum atomic E-state index is -0.0910. The lowest BCUT2D eigenvalue weighted by Gasteiger charge is -2.38. The number of hydrogen-bond acceptors (Lipinski definition) is 4. The summed E-state index contributed by atoms with van der Waals surface area (Å²) in [6.45, 7) is 8.31. The third-order valence-corrected chi connectivity index (χ3v) is 3.60. The van der Waals surface area contributed by atoms with Crippen LogP contribution in [0.2, 0.25) is 0 Å². The van der Waals surface area contributed by atoms with Crippen molar-refractivity contribution in [2.75, 3.05) is 38.5 Å². The van der Waals surface area contributed by atoms with Crippen molar-refractivity contribution in [3.63, 3.8) is 0 Å². The number of ether oxygens (including phenoxy) is 1. The van der Waals surface area contributed by atoms with Crippen molar-refractivity contribution < 1.29 is 9.53 Å². The number of nitrogens with two attached hydrogens (primary N) is 1. The second-order valence-corrected chi connectivity index (χ2v) is 6.15. The molecular weight excluding hydrogens is 337 g/mol. The van der Waals surface area contributed by atoms with E-state index >= 15 is 0 Å². The molecule has 3 N–H and O–H groups in total. The first-order valence-corrected chi connectivity index (χ1v) is 7.42. The van der Waals surface area contributed by atoms with Gasteiger partial charge in [-0.2, -0.15) is 0 Å². The molecule has 0 bridgehead atoms. The van der Waals surface area contributed by atoms with Crippen LogP contribution in [0.15, 0.2) is 24.3 Å². The van der Waals surface area contributed by atoms with E-state index in [-0.39, 0.29) is 36.3 Å². The van der Waals surface area contributed by atoms with E-state index in [9.17, 15) is 4.79 Å². The molecule has 1 aliphatic heterocycles. The Morgan fingerprint density at radius 1 is 1.30 bits per heavy atom. The van der Waals surface area contributed by atoms with E-state index in [0.29, 0.717) is 18.7 Å². The van der Waals surface area contributed by atoms with Crippen LogP contribution in [-0.4, -0.2) is 49.2 Å². The molecule has 0 aromatic heterocycles. The van der Waals surface area contributed by atoms with Crippen LogP contribution >= 0.6 is 24.8 Å². The van der Waals surface area contributed by atoms with Gasteiger partial charge < -0.3 is 15.8 Å². The number of rotatable bonds is 5. The standard InChI is InChI=1S/C16H25N3O2.2ClH/c1-16(2)12-19(9-10-21-16)8-7-18-15(20)11-13-3-5-14(17)6-4-13;;/h3-6H,7-12,17H2,1-2H3,(H,18,20);2*1H. The van der Waals surface area contributed by atoms with Gasteiger partial charge in [0.15, 0.2) is 0 Å².